The third-order valence-corrected chi connectivity index (χ3v) is 12.1. The van der Waals surface area contributed by atoms with E-state index in [9.17, 15) is 10.1 Å². The van der Waals surface area contributed by atoms with Gasteiger partial charge in [0.15, 0.2) is 0 Å². The van der Waals surface area contributed by atoms with E-state index in [0.717, 1.165) is 84.2 Å². The number of nitrogens with zero attached hydrogens (tertiary/aromatic N) is 5. The Balaban J connectivity index is 1.02. The van der Waals surface area contributed by atoms with Crippen molar-refractivity contribution in [1.82, 2.24) is 25.1 Å². The zero-order valence-electron chi connectivity index (χ0n) is 27.4. The molecule has 0 unspecified atom stereocenters. The minimum absolute atomic E-state index is 0.160. The fourth-order valence-electron chi connectivity index (χ4n) is 10.5. The summed E-state index contributed by atoms with van der Waals surface area (Å²) in [5.74, 6) is 3.83. The maximum Gasteiger partial charge on any atom is 0.274 e. The first-order valence-corrected chi connectivity index (χ1v) is 17.3. The Kier molecular flexibility index (Phi) is 7.02. The van der Waals surface area contributed by atoms with E-state index in [1.165, 1.54) is 38.5 Å². The lowest BCUT2D eigenvalue weighted by Gasteiger charge is -2.57. The number of carbonyl (C=O) groups is 1. The number of nitrogens with one attached hydrogen (secondary N) is 3. The van der Waals surface area contributed by atoms with Crippen molar-refractivity contribution in [2.24, 2.45) is 36.1 Å². The molecule has 240 valence electrons. The number of carbonyl (C=O) groups excluding carboxylic acids is 1. The fourth-order valence-corrected chi connectivity index (χ4v) is 10.5. The highest BCUT2D eigenvalue weighted by Crippen LogP contribution is 2.60. The van der Waals surface area contributed by atoms with Crippen molar-refractivity contribution in [2.75, 3.05) is 23.7 Å². The van der Waals surface area contributed by atoms with Crippen LogP contribution in [0.15, 0.2) is 36.7 Å². The number of hydrogen-bond donors (Lipinski definition) is 3. The number of rotatable bonds is 9. The van der Waals surface area contributed by atoms with Crippen LogP contribution in [-0.2, 0) is 24.4 Å². The summed E-state index contributed by atoms with van der Waals surface area (Å²) in [5, 5.41) is 28.6. The number of aryl methyl sites for hydroxylation is 1. The molecule has 3 aromatic rings. The predicted molar refractivity (Wildman–Crippen MR) is 177 cm³/mol. The zero-order valence-corrected chi connectivity index (χ0v) is 27.4. The molecule has 1 aromatic carbocycles. The lowest BCUT2D eigenvalue weighted by Crippen LogP contribution is -2.50. The Labute approximate surface area is 272 Å². The summed E-state index contributed by atoms with van der Waals surface area (Å²) in [6, 6.07) is 12.4. The first-order chi connectivity index (χ1) is 22.2. The first kappa shape index (κ1) is 29.6. The van der Waals surface area contributed by atoms with Gasteiger partial charge in [-0.2, -0.15) is 5.26 Å². The number of nitriles is 1. The summed E-state index contributed by atoms with van der Waals surface area (Å²) in [7, 11) is 1.96. The van der Waals surface area contributed by atoms with Crippen LogP contribution in [-0.4, -0.2) is 38.7 Å². The highest BCUT2D eigenvalue weighted by atomic mass is 16.1. The summed E-state index contributed by atoms with van der Waals surface area (Å²) >= 11 is 0. The second-order valence-electron chi connectivity index (χ2n) is 16.2. The number of anilines is 2. The standard InChI is InChI=1S/C37H46N8O/c1-35(2)20-40-31-27(19-39-21-36-14-24-9-25(15-36)11-26(10-24)16-36)12-30(43-32(31)35)33(46)42-29-6-4-5-28(13-29)37(17-23(18-37)7-8-38)34-44-41-22-45(34)3/h4-6,12-13,22-26,39-40H,7,9-11,14-21H2,1-3H3,(H,42,46). The molecule has 46 heavy (non-hydrogen) atoms. The largest absolute Gasteiger partial charge is 0.382 e. The molecule has 0 radical (unpaired) electrons. The van der Waals surface area contributed by atoms with Crippen molar-refractivity contribution < 1.29 is 4.79 Å². The number of amides is 1. The van der Waals surface area contributed by atoms with Crippen LogP contribution in [0.5, 0.6) is 0 Å². The van der Waals surface area contributed by atoms with E-state index in [1.807, 2.05) is 29.8 Å². The lowest BCUT2D eigenvalue weighted by atomic mass is 9.49. The van der Waals surface area contributed by atoms with Crippen LogP contribution in [0.1, 0.15) is 105 Å². The van der Waals surface area contributed by atoms with E-state index in [2.05, 4.69) is 58.2 Å². The summed E-state index contributed by atoms with van der Waals surface area (Å²) in [6.45, 7) is 6.99. The lowest BCUT2D eigenvalue weighted by molar-refractivity contribution is -0.0514. The summed E-state index contributed by atoms with van der Waals surface area (Å²) in [5.41, 5.74) is 5.42. The number of hydrogen-bond acceptors (Lipinski definition) is 7. The van der Waals surface area contributed by atoms with Crippen LogP contribution < -0.4 is 16.0 Å². The average Bonchev–Trinajstić information content (AvgIpc) is 3.56. The highest BCUT2D eigenvalue weighted by Gasteiger charge is 2.51. The Morgan fingerprint density at radius 2 is 1.83 bits per heavy atom. The molecule has 3 heterocycles. The number of aromatic nitrogens is 4. The smallest absolute Gasteiger partial charge is 0.274 e. The number of fused-ring (bicyclic) bond motifs is 1. The van der Waals surface area contributed by atoms with Gasteiger partial charge >= 0.3 is 0 Å². The normalized spacial score (nSPS) is 31.5. The van der Waals surface area contributed by atoms with Gasteiger partial charge in [0.05, 0.1) is 22.9 Å². The minimum atomic E-state index is -0.329. The van der Waals surface area contributed by atoms with Crippen molar-refractivity contribution in [3.8, 4) is 6.07 Å². The molecule has 1 amide bonds. The van der Waals surface area contributed by atoms with Gasteiger partial charge < -0.3 is 20.5 Å². The molecular formula is C37H46N8O. The first-order valence-electron chi connectivity index (χ1n) is 17.3. The number of benzene rings is 1. The highest BCUT2D eigenvalue weighted by molar-refractivity contribution is 6.03. The molecule has 5 fully saturated rings. The Bertz CT molecular complexity index is 1670. The second kappa shape index (κ2) is 10.9. The van der Waals surface area contributed by atoms with E-state index in [4.69, 9.17) is 4.98 Å². The van der Waals surface area contributed by atoms with Crippen LogP contribution in [0.3, 0.4) is 0 Å². The van der Waals surface area contributed by atoms with Gasteiger partial charge in [-0.25, -0.2) is 4.98 Å². The third-order valence-electron chi connectivity index (χ3n) is 12.1. The van der Waals surface area contributed by atoms with Gasteiger partial charge in [-0.15, -0.1) is 10.2 Å². The van der Waals surface area contributed by atoms with E-state index < -0.39 is 0 Å². The number of pyridine rings is 1. The average molecular weight is 619 g/mol. The van der Waals surface area contributed by atoms with Crippen LogP contribution in [0.4, 0.5) is 11.4 Å². The quantitative estimate of drug-likeness (QED) is 0.266. The maximum absolute atomic E-state index is 13.9. The second-order valence-corrected chi connectivity index (χ2v) is 16.2. The van der Waals surface area contributed by atoms with Crippen LogP contribution in [0.2, 0.25) is 0 Å². The molecule has 9 nitrogen and oxygen atoms in total. The van der Waals surface area contributed by atoms with E-state index in [0.29, 0.717) is 23.4 Å². The Hall–Kier alpha value is -3.77. The zero-order chi connectivity index (χ0) is 31.7. The monoisotopic (exact) mass is 618 g/mol. The van der Waals surface area contributed by atoms with E-state index >= 15 is 0 Å². The molecule has 6 aliphatic rings. The predicted octanol–water partition coefficient (Wildman–Crippen LogP) is 6.08. The maximum atomic E-state index is 13.9. The van der Waals surface area contributed by atoms with Crippen molar-refractivity contribution in [3.63, 3.8) is 0 Å². The molecule has 0 atom stereocenters. The molecule has 0 saturated heterocycles. The van der Waals surface area contributed by atoms with Gasteiger partial charge in [0.1, 0.15) is 17.8 Å². The Morgan fingerprint density at radius 3 is 2.50 bits per heavy atom. The molecule has 1 aliphatic heterocycles. The molecule has 9 heteroatoms. The van der Waals surface area contributed by atoms with Crippen LogP contribution >= 0.6 is 0 Å². The van der Waals surface area contributed by atoms with Crippen LogP contribution in [0.25, 0.3) is 0 Å². The van der Waals surface area contributed by atoms with Crippen molar-refractivity contribution in [3.05, 3.63) is 65.0 Å². The van der Waals surface area contributed by atoms with Gasteiger partial charge in [0.2, 0.25) is 0 Å². The topological polar surface area (TPSA) is 121 Å². The molecule has 2 aromatic heterocycles. The molecule has 4 bridgehead atoms. The SMILES string of the molecule is Cn1cnnc1C1(c2cccc(NC(=O)c3cc(CNCC45CC6CC(CC(C6)C4)C5)c4c(n3)C(C)(C)CN4)c2)CC(CC#N)C1. The van der Waals surface area contributed by atoms with Crippen LogP contribution in [0, 0.1) is 40.4 Å². The summed E-state index contributed by atoms with van der Waals surface area (Å²) < 4.78 is 1.97. The molecule has 5 aliphatic carbocycles. The third kappa shape index (κ3) is 5.00. The van der Waals surface area contributed by atoms with Gasteiger partial charge in [0.25, 0.3) is 5.91 Å². The van der Waals surface area contributed by atoms with Gasteiger partial charge in [-0.1, -0.05) is 26.0 Å². The van der Waals surface area contributed by atoms with Crippen molar-refractivity contribution >= 4 is 17.3 Å². The molecular weight excluding hydrogens is 572 g/mol. The minimum Gasteiger partial charge on any atom is -0.382 e. The summed E-state index contributed by atoms with van der Waals surface area (Å²) in [4.78, 5) is 18.8. The van der Waals surface area contributed by atoms with E-state index in [-0.39, 0.29) is 16.7 Å². The summed E-state index contributed by atoms with van der Waals surface area (Å²) in [6.07, 6.45) is 12.5. The van der Waals surface area contributed by atoms with Crippen molar-refractivity contribution in [2.45, 2.75) is 89.0 Å². The van der Waals surface area contributed by atoms with Gasteiger partial charge in [-0.05, 0) is 110 Å². The molecule has 9 rings (SSSR count). The van der Waals surface area contributed by atoms with Gasteiger partial charge in [0, 0.05) is 44.2 Å². The molecule has 0 spiro atoms. The Morgan fingerprint density at radius 1 is 1.09 bits per heavy atom. The fraction of sp³-hybridized carbons (Fsp3) is 0.595. The van der Waals surface area contributed by atoms with Crippen molar-refractivity contribution in [1.29, 1.82) is 5.26 Å². The van der Waals surface area contributed by atoms with E-state index in [1.54, 1.807) is 6.33 Å². The molecule has 5 saturated carbocycles. The van der Waals surface area contributed by atoms with Gasteiger partial charge in [-0.3, -0.25) is 4.79 Å². The molecule has 3 N–H and O–H groups in total.